The third-order valence-corrected chi connectivity index (χ3v) is 2.29. The molecule has 0 bridgehead atoms. The van der Waals surface area contributed by atoms with Crippen LogP contribution in [0.15, 0.2) is 0 Å². The van der Waals surface area contributed by atoms with E-state index in [1.165, 1.54) is 7.05 Å². The van der Waals surface area contributed by atoms with Gasteiger partial charge in [-0.3, -0.25) is 15.0 Å². The first-order valence-electron chi connectivity index (χ1n) is 5.21. The molecule has 1 aliphatic heterocycles. The average molecular weight is 262 g/mol. The molecule has 1 fully saturated rings. The van der Waals surface area contributed by atoms with Crippen LogP contribution in [0, 0.1) is 5.41 Å². The summed E-state index contributed by atoms with van der Waals surface area (Å²) >= 11 is 0. The quantitative estimate of drug-likeness (QED) is 0.315. The van der Waals surface area contributed by atoms with Crippen molar-refractivity contribution in [3.63, 3.8) is 0 Å². The molecule has 6 N–H and O–H groups in total. The van der Waals surface area contributed by atoms with Crippen LogP contribution in [0.3, 0.4) is 0 Å². The highest BCUT2D eigenvalue weighted by molar-refractivity contribution is 5.80. The lowest BCUT2D eigenvalue weighted by Gasteiger charge is -2.12. The molecule has 1 saturated heterocycles. The van der Waals surface area contributed by atoms with Crippen molar-refractivity contribution in [3.8, 4) is 0 Å². The smallest absolute Gasteiger partial charge is 0.323 e. The Morgan fingerprint density at radius 1 is 1.50 bits per heavy atom. The van der Waals surface area contributed by atoms with Crippen LogP contribution in [0.25, 0.3) is 0 Å². The van der Waals surface area contributed by atoms with Gasteiger partial charge in [0.1, 0.15) is 12.6 Å². The van der Waals surface area contributed by atoms with Crippen LogP contribution in [-0.4, -0.2) is 69.5 Å². The van der Waals surface area contributed by atoms with Gasteiger partial charge in [-0.1, -0.05) is 0 Å². The molecule has 0 radical (unpaired) electrons. The molecule has 1 rings (SSSR count). The van der Waals surface area contributed by atoms with Crippen molar-refractivity contribution in [3.05, 3.63) is 0 Å². The lowest BCUT2D eigenvalue weighted by atomic mass is 10.2. The van der Waals surface area contributed by atoms with Gasteiger partial charge in [0.25, 0.3) is 0 Å². The molecule has 9 nitrogen and oxygen atoms in total. The van der Waals surface area contributed by atoms with Crippen molar-refractivity contribution in [2.45, 2.75) is 18.9 Å². The summed E-state index contributed by atoms with van der Waals surface area (Å²) in [5, 5.41) is 32.9. The summed E-state index contributed by atoms with van der Waals surface area (Å²) in [4.78, 5) is 21.3. The van der Waals surface area contributed by atoms with E-state index < -0.39 is 18.0 Å². The summed E-state index contributed by atoms with van der Waals surface area (Å²) in [5.41, 5.74) is 4.93. The van der Waals surface area contributed by atoms with E-state index in [2.05, 4.69) is 0 Å². The molecule has 0 saturated carbocycles. The Bertz CT molecular complexity index is 322. The standard InChI is InChI=1S/C5H9NO3.C4H9N3O2/c7-5(8)4-2-1-3-6(4)9;1-7(4(5)6)2-3(8)9/h4,9H,1-3H2,(H,7,8);2H2,1H3,(H3,5,6)(H,8,9). The van der Waals surface area contributed by atoms with E-state index in [0.29, 0.717) is 13.0 Å². The van der Waals surface area contributed by atoms with E-state index in [-0.39, 0.29) is 12.5 Å². The minimum atomic E-state index is -0.993. The topological polar surface area (TPSA) is 151 Å². The van der Waals surface area contributed by atoms with Gasteiger partial charge in [-0.15, -0.1) is 0 Å². The summed E-state index contributed by atoms with van der Waals surface area (Å²) in [7, 11) is 1.44. The molecule has 104 valence electrons. The normalized spacial score (nSPS) is 18.7. The van der Waals surface area contributed by atoms with Gasteiger partial charge < -0.3 is 26.1 Å². The lowest BCUT2D eigenvalue weighted by Crippen LogP contribution is -2.36. The molecule has 0 aromatic rings. The van der Waals surface area contributed by atoms with Crippen molar-refractivity contribution >= 4 is 17.9 Å². The van der Waals surface area contributed by atoms with Gasteiger partial charge in [0.05, 0.1) is 0 Å². The fourth-order valence-corrected chi connectivity index (χ4v) is 1.29. The number of hydroxylamine groups is 2. The maximum Gasteiger partial charge on any atom is 0.323 e. The second kappa shape index (κ2) is 7.45. The average Bonchev–Trinajstić information content (AvgIpc) is 2.64. The van der Waals surface area contributed by atoms with Crippen LogP contribution in [0.1, 0.15) is 12.8 Å². The molecule has 1 heterocycles. The van der Waals surface area contributed by atoms with Crippen molar-refractivity contribution in [2.75, 3.05) is 20.1 Å². The first-order chi connectivity index (χ1) is 8.25. The zero-order chi connectivity index (χ0) is 14.3. The van der Waals surface area contributed by atoms with Crippen LogP contribution in [0.5, 0.6) is 0 Å². The number of carbonyl (C=O) groups is 2. The van der Waals surface area contributed by atoms with Crippen molar-refractivity contribution in [2.24, 2.45) is 5.73 Å². The third-order valence-electron chi connectivity index (χ3n) is 2.29. The van der Waals surface area contributed by atoms with Gasteiger partial charge >= 0.3 is 11.9 Å². The zero-order valence-electron chi connectivity index (χ0n) is 10.0. The number of nitrogens with one attached hydrogen (secondary N) is 1. The number of likely N-dealkylation sites (N-methyl/N-ethyl adjacent to an activating group) is 1. The molecule has 0 amide bonds. The fraction of sp³-hybridized carbons (Fsp3) is 0.667. The van der Waals surface area contributed by atoms with Crippen LogP contribution in [0.4, 0.5) is 0 Å². The number of carboxylic acids is 2. The summed E-state index contributed by atoms with van der Waals surface area (Å²) in [5.74, 6) is -2.17. The molecule has 1 atom stereocenters. The van der Waals surface area contributed by atoms with Crippen LogP contribution < -0.4 is 5.73 Å². The molecule has 0 aromatic heterocycles. The molecular formula is C9H18N4O5. The number of hydrogen-bond donors (Lipinski definition) is 5. The maximum absolute atomic E-state index is 10.2. The van der Waals surface area contributed by atoms with E-state index in [9.17, 15) is 9.59 Å². The molecular weight excluding hydrogens is 244 g/mol. The predicted molar refractivity (Wildman–Crippen MR) is 61.3 cm³/mol. The largest absolute Gasteiger partial charge is 0.480 e. The number of guanidine groups is 1. The lowest BCUT2D eigenvalue weighted by molar-refractivity contribution is -0.161. The van der Waals surface area contributed by atoms with Crippen molar-refractivity contribution in [1.29, 1.82) is 5.41 Å². The minimum absolute atomic E-state index is 0.227. The number of hydrogen-bond acceptors (Lipinski definition) is 5. The van der Waals surface area contributed by atoms with Gasteiger partial charge in [-0.2, -0.15) is 5.06 Å². The van der Waals surface area contributed by atoms with Gasteiger partial charge in [-0.25, -0.2) is 0 Å². The molecule has 0 spiro atoms. The van der Waals surface area contributed by atoms with E-state index in [4.69, 9.17) is 26.6 Å². The SMILES string of the molecule is CN(CC(=O)O)C(=N)N.O=C(O)C1CCCN1O. The monoisotopic (exact) mass is 262 g/mol. The number of carboxylic acid groups (broad SMARTS) is 2. The Morgan fingerprint density at radius 3 is 2.22 bits per heavy atom. The minimum Gasteiger partial charge on any atom is -0.480 e. The highest BCUT2D eigenvalue weighted by atomic mass is 16.5. The summed E-state index contributed by atoms with van der Waals surface area (Å²) < 4.78 is 0. The van der Waals surface area contributed by atoms with E-state index >= 15 is 0 Å². The maximum atomic E-state index is 10.2. The van der Waals surface area contributed by atoms with E-state index in [1.54, 1.807) is 0 Å². The Labute approximate surface area is 104 Å². The molecule has 0 aromatic carbocycles. The Morgan fingerprint density at radius 2 is 2.06 bits per heavy atom. The highest BCUT2D eigenvalue weighted by Gasteiger charge is 2.28. The summed E-state index contributed by atoms with van der Waals surface area (Å²) in [6, 6.07) is -0.662. The number of aliphatic carboxylic acids is 2. The van der Waals surface area contributed by atoms with E-state index in [0.717, 1.165) is 16.4 Å². The number of nitrogens with two attached hydrogens (primary N) is 1. The highest BCUT2D eigenvalue weighted by Crippen LogP contribution is 2.13. The van der Waals surface area contributed by atoms with E-state index in [1.807, 2.05) is 0 Å². The Balaban J connectivity index is 0.000000321. The first-order valence-corrected chi connectivity index (χ1v) is 5.21. The molecule has 0 aliphatic carbocycles. The van der Waals surface area contributed by atoms with Gasteiger partial charge in [0.2, 0.25) is 0 Å². The summed E-state index contributed by atoms with van der Waals surface area (Å²) in [6.45, 7) is 0.256. The number of nitrogens with zero attached hydrogens (tertiary/aromatic N) is 2. The number of rotatable bonds is 3. The zero-order valence-corrected chi connectivity index (χ0v) is 10.0. The molecule has 9 heteroatoms. The van der Waals surface area contributed by atoms with Gasteiger partial charge in [0.15, 0.2) is 5.96 Å². The van der Waals surface area contributed by atoms with Crippen LogP contribution in [-0.2, 0) is 9.59 Å². The predicted octanol–water partition coefficient (Wildman–Crippen LogP) is -1.18. The summed E-state index contributed by atoms with van der Waals surface area (Å²) in [6.07, 6.45) is 1.33. The van der Waals surface area contributed by atoms with Crippen LogP contribution in [0.2, 0.25) is 0 Å². The first kappa shape index (κ1) is 16.1. The van der Waals surface area contributed by atoms with Gasteiger partial charge in [0, 0.05) is 13.6 Å². The molecule has 1 aliphatic rings. The van der Waals surface area contributed by atoms with Crippen molar-refractivity contribution < 1.29 is 25.0 Å². The molecule has 1 unspecified atom stereocenters. The third kappa shape index (κ3) is 6.01. The second-order valence-corrected chi connectivity index (χ2v) is 3.79. The van der Waals surface area contributed by atoms with Crippen molar-refractivity contribution in [1.82, 2.24) is 9.96 Å². The second-order valence-electron chi connectivity index (χ2n) is 3.79. The fourth-order valence-electron chi connectivity index (χ4n) is 1.29. The molecule has 18 heavy (non-hydrogen) atoms. The van der Waals surface area contributed by atoms with Gasteiger partial charge in [-0.05, 0) is 12.8 Å². The van der Waals surface area contributed by atoms with Crippen LogP contribution >= 0.6 is 0 Å². The Hall–Kier alpha value is -1.87. The Kier molecular flexibility index (Phi) is 6.68.